The molecule has 0 unspecified atom stereocenters. The van der Waals surface area contributed by atoms with Gasteiger partial charge in [0.25, 0.3) is 0 Å². The van der Waals surface area contributed by atoms with Gasteiger partial charge in [0.2, 0.25) is 0 Å². The van der Waals surface area contributed by atoms with Crippen molar-refractivity contribution in [3.63, 3.8) is 0 Å². The van der Waals surface area contributed by atoms with Gasteiger partial charge in [-0.25, -0.2) is 0 Å². The lowest BCUT2D eigenvalue weighted by molar-refractivity contribution is 0.900. The molecular formula is C46H36N2. The minimum absolute atomic E-state index is 1.28. The number of benzene rings is 9. The zero-order valence-electron chi connectivity index (χ0n) is 27.2. The van der Waals surface area contributed by atoms with Crippen LogP contribution >= 0.6 is 0 Å². The largest absolute Gasteiger partial charge is 0.272 e. The molecule has 2 nitrogen and oxygen atoms in total. The quantitative estimate of drug-likeness (QED) is 0.115. The van der Waals surface area contributed by atoms with E-state index in [9.17, 15) is 0 Å². The molecule has 0 bridgehead atoms. The Bertz CT molecular complexity index is 2610. The fourth-order valence-corrected chi connectivity index (χ4v) is 7.34. The molecule has 0 saturated heterocycles. The molecule has 2 heteroatoms. The van der Waals surface area contributed by atoms with Gasteiger partial charge in [-0.05, 0) is 113 Å². The van der Waals surface area contributed by atoms with Gasteiger partial charge in [-0.3, -0.25) is 11.3 Å². The van der Waals surface area contributed by atoms with Crippen molar-refractivity contribution in [1.82, 2.24) is 5.43 Å². The lowest BCUT2D eigenvalue weighted by Crippen LogP contribution is -2.13. The second kappa shape index (κ2) is 12.4. The minimum atomic E-state index is 1.28. The first kappa shape index (κ1) is 29.6. The fourth-order valence-electron chi connectivity index (χ4n) is 7.34. The number of aryl methyl sites for hydroxylation is 1. The molecule has 9 aromatic carbocycles. The van der Waals surface area contributed by atoms with E-state index in [2.05, 4.69) is 182 Å². The van der Waals surface area contributed by atoms with Gasteiger partial charge in [0.1, 0.15) is 0 Å². The Hall–Kier alpha value is -5.80. The van der Waals surface area contributed by atoms with Crippen LogP contribution in [0.25, 0.3) is 87.2 Å². The van der Waals surface area contributed by atoms with Gasteiger partial charge in [0.05, 0.1) is 0 Å². The highest BCUT2D eigenvalue weighted by Crippen LogP contribution is 2.52. The maximum atomic E-state index is 4.60. The Labute approximate surface area is 281 Å². The third-order valence-electron chi connectivity index (χ3n) is 9.53. The van der Waals surface area contributed by atoms with E-state index in [1.165, 1.54) is 92.8 Å². The third-order valence-corrected chi connectivity index (χ3v) is 9.53. The molecule has 0 saturated carbocycles. The zero-order valence-corrected chi connectivity index (χ0v) is 27.2. The first-order chi connectivity index (χ1) is 23.7. The molecule has 0 atom stereocenters. The monoisotopic (exact) mass is 616 g/mol. The van der Waals surface area contributed by atoms with E-state index in [0.29, 0.717) is 0 Å². The van der Waals surface area contributed by atoms with E-state index >= 15 is 0 Å². The Balaban J connectivity index is 0.000000202. The van der Waals surface area contributed by atoms with Crippen LogP contribution in [0, 0.1) is 6.92 Å². The predicted molar refractivity (Wildman–Crippen MR) is 208 cm³/mol. The molecule has 48 heavy (non-hydrogen) atoms. The maximum Gasteiger partial charge on any atom is -0.00172 e. The van der Waals surface area contributed by atoms with Crippen molar-refractivity contribution in [1.29, 1.82) is 0 Å². The van der Waals surface area contributed by atoms with Gasteiger partial charge in [-0.15, -0.1) is 0 Å². The summed E-state index contributed by atoms with van der Waals surface area (Å²) in [4.78, 5) is 0. The van der Waals surface area contributed by atoms with Gasteiger partial charge in [0, 0.05) is 0 Å². The summed E-state index contributed by atoms with van der Waals surface area (Å²) >= 11 is 0. The van der Waals surface area contributed by atoms with Crippen molar-refractivity contribution in [3.05, 3.63) is 169 Å². The molecule has 0 spiro atoms. The first-order valence-electron chi connectivity index (χ1n) is 16.5. The number of fused-ring (bicyclic) bond motifs is 5. The predicted octanol–water partition coefficient (Wildman–Crippen LogP) is 11.8. The smallest absolute Gasteiger partial charge is 0.00172 e. The van der Waals surface area contributed by atoms with Gasteiger partial charge in [-0.1, -0.05) is 158 Å². The summed E-state index contributed by atoms with van der Waals surface area (Å²) in [7, 11) is 1.65. The number of hydrogen-bond donors (Lipinski definition) is 2. The standard InChI is InChI=1S/C34H20.C11H10.CH6N2/c1-3-11-23-21(8-1)10-5-13-25(23)26-14-6-17-29-32(26)20-22-9-2-4-12-24(22)33(29)30-18-19-31-28-16-7-15-27(30)34(28)31;1-9-5-4-7-10-6-2-3-8-11(9)10;1-3-2/h1-20H;2-8H,1H3;3H,2H2,1H3. The summed E-state index contributed by atoms with van der Waals surface area (Å²) in [6.07, 6.45) is 0. The number of hydrazine groups is 1. The number of nitrogens with one attached hydrogen (secondary N) is 1. The van der Waals surface area contributed by atoms with E-state index in [1.807, 2.05) is 0 Å². The number of hydrogen-bond acceptors (Lipinski definition) is 2. The van der Waals surface area contributed by atoms with Gasteiger partial charge in [0.15, 0.2) is 0 Å². The third kappa shape index (κ3) is 5.09. The lowest BCUT2D eigenvalue weighted by Gasteiger charge is -2.16. The van der Waals surface area contributed by atoms with Crippen LogP contribution in [-0.4, -0.2) is 7.05 Å². The van der Waals surface area contributed by atoms with E-state index in [4.69, 9.17) is 0 Å². The molecule has 3 N–H and O–H groups in total. The maximum absolute atomic E-state index is 4.60. The van der Waals surface area contributed by atoms with Crippen LogP contribution in [0.1, 0.15) is 5.56 Å². The van der Waals surface area contributed by atoms with Gasteiger partial charge in [-0.2, -0.15) is 0 Å². The van der Waals surface area contributed by atoms with Crippen LogP contribution in [0.3, 0.4) is 0 Å². The molecule has 0 fully saturated rings. The lowest BCUT2D eigenvalue weighted by atomic mass is 9.87. The summed E-state index contributed by atoms with van der Waals surface area (Å²) < 4.78 is 0. The van der Waals surface area contributed by atoms with Crippen LogP contribution in [0.5, 0.6) is 0 Å². The molecule has 1 aliphatic rings. The molecule has 0 amide bonds. The second-order valence-electron chi connectivity index (χ2n) is 12.4. The van der Waals surface area contributed by atoms with Crippen molar-refractivity contribution >= 4 is 53.9 Å². The van der Waals surface area contributed by atoms with Crippen molar-refractivity contribution in [3.8, 4) is 33.4 Å². The van der Waals surface area contributed by atoms with Crippen LogP contribution in [0.15, 0.2) is 164 Å². The average molecular weight is 617 g/mol. The van der Waals surface area contributed by atoms with Crippen molar-refractivity contribution in [2.45, 2.75) is 6.92 Å². The Morgan fingerprint density at radius 2 is 0.833 bits per heavy atom. The molecule has 1 aliphatic carbocycles. The highest BCUT2D eigenvalue weighted by Gasteiger charge is 2.24. The van der Waals surface area contributed by atoms with E-state index < -0.39 is 0 Å². The number of rotatable bonds is 2. The van der Waals surface area contributed by atoms with Crippen LogP contribution < -0.4 is 11.3 Å². The van der Waals surface area contributed by atoms with E-state index in [1.54, 1.807) is 7.05 Å². The SMILES string of the molecule is CNN.Cc1cccc2ccccc12.c1ccc2c(-c3cccc4c(-c5ccc6c7c-6cccc57)c5ccccc5cc34)cccc2c1. The van der Waals surface area contributed by atoms with E-state index in [0.717, 1.165) is 0 Å². The normalized spacial score (nSPS) is 11.3. The number of nitrogens with two attached hydrogens (primary N) is 1. The summed E-state index contributed by atoms with van der Waals surface area (Å²) in [6.45, 7) is 2.14. The van der Waals surface area contributed by atoms with Crippen LogP contribution in [-0.2, 0) is 0 Å². The summed E-state index contributed by atoms with van der Waals surface area (Å²) in [5, 5.41) is 13.3. The molecule has 9 aromatic rings. The highest BCUT2D eigenvalue weighted by atomic mass is 15.2. The summed E-state index contributed by atoms with van der Waals surface area (Å²) in [5.41, 5.74) is 11.7. The molecule has 0 aromatic heterocycles. The second-order valence-corrected chi connectivity index (χ2v) is 12.4. The molecule has 10 rings (SSSR count). The molecule has 230 valence electrons. The van der Waals surface area contributed by atoms with Crippen molar-refractivity contribution in [2.24, 2.45) is 5.84 Å². The van der Waals surface area contributed by atoms with Gasteiger partial charge < -0.3 is 0 Å². The zero-order chi connectivity index (χ0) is 32.6. The topological polar surface area (TPSA) is 38.0 Å². The Kier molecular flexibility index (Phi) is 7.66. The molecular weight excluding hydrogens is 581 g/mol. The summed E-state index contributed by atoms with van der Waals surface area (Å²) in [5.74, 6) is 4.60. The molecule has 0 radical (unpaired) electrons. The Morgan fingerprint density at radius 3 is 1.56 bits per heavy atom. The van der Waals surface area contributed by atoms with Gasteiger partial charge >= 0.3 is 0 Å². The average Bonchev–Trinajstić information content (AvgIpc) is 3.86. The minimum Gasteiger partial charge on any atom is -0.272 e. The van der Waals surface area contributed by atoms with Crippen LogP contribution in [0.2, 0.25) is 0 Å². The molecule has 0 heterocycles. The molecule has 0 aliphatic heterocycles. The van der Waals surface area contributed by atoms with Crippen LogP contribution in [0.4, 0.5) is 0 Å². The van der Waals surface area contributed by atoms with Crippen molar-refractivity contribution in [2.75, 3.05) is 7.05 Å². The van der Waals surface area contributed by atoms with E-state index in [-0.39, 0.29) is 0 Å². The highest BCUT2D eigenvalue weighted by molar-refractivity contribution is 6.27. The Morgan fingerprint density at radius 1 is 0.375 bits per heavy atom. The first-order valence-corrected chi connectivity index (χ1v) is 16.5. The van der Waals surface area contributed by atoms with Crippen molar-refractivity contribution < 1.29 is 0 Å². The summed E-state index contributed by atoms with van der Waals surface area (Å²) in [6, 6.07) is 59.5. The fraction of sp³-hybridized carbons (Fsp3) is 0.0435.